The minimum atomic E-state index is -3.46. The summed E-state index contributed by atoms with van der Waals surface area (Å²) in [5.74, 6) is 0. The second-order valence-electron chi connectivity index (χ2n) is 2.92. The van der Waals surface area contributed by atoms with Gasteiger partial charge in [0.25, 0.3) is 0 Å². The van der Waals surface area contributed by atoms with E-state index in [1.54, 1.807) is 6.08 Å². The Kier molecular flexibility index (Phi) is 2.81. The molecule has 1 saturated carbocycles. The average Bonchev–Trinajstić information content (AvgIpc) is 2.67. The Morgan fingerprint density at radius 3 is 2.50 bits per heavy atom. The van der Waals surface area contributed by atoms with Crippen LogP contribution in [0, 0.1) is 0 Å². The normalized spacial score (nSPS) is 20.4. The smallest absolute Gasteiger partial charge is 0.240 e. The second-order valence-corrected chi connectivity index (χ2v) is 5.89. The van der Waals surface area contributed by atoms with E-state index in [4.69, 9.17) is 15.4 Å². The highest BCUT2D eigenvalue weighted by Gasteiger charge is 2.54. The molecule has 0 aromatic carbocycles. The highest BCUT2D eigenvalue weighted by atomic mass is 35.7. The zero-order valence-electron chi connectivity index (χ0n) is 6.62. The predicted octanol–water partition coefficient (Wildman–Crippen LogP) is 1.29. The van der Waals surface area contributed by atoms with Gasteiger partial charge in [0.05, 0.1) is 13.2 Å². The van der Waals surface area contributed by atoms with Crippen LogP contribution in [0.1, 0.15) is 12.8 Å². The summed E-state index contributed by atoms with van der Waals surface area (Å²) in [4.78, 5) is 0. The molecule has 70 valence electrons. The van der Waals surface area contributed by atoms with Gasteiger partial charge >= 0.3 is 0 Å². The van der Waals surface area contributed by atoms with E-state index >= 15 is 0 Å². The SMILES string of the molecule is C=CCOCC1(S(=O)(=O)Cl)CC1. The topological polar surface area (TPSA) is 43.4 Å². The van der Waals surface area contributed by atoms with E-state index < -0.39 is 13.8 Å². The van der Waals surface area contributed by atoms with Gasteiger partial charge < -0.3 is 4.74 Å². The van der Waals surface area contributed by atoms with Crippen LogP contribution in [0.5, 0.6) is 0 Å². The molecule has 12 heavy (non-hydrogen) atoms. The van der Waals surface area contributed by atoms with Crippen LogP contribution in [0.15, 0.2) is 12.7 Å². The van der Waals surface area contributed by atoms with E-state index in [9.17, 15) is 8.42 Å². The van der Waals surface area contributed by atoms with Gasteiger partial charge in [0, 0.05) is 10.7 Å². The standard InChI is InChI=1S/C7H11ClO3S/c1-2-5-11-6-7(3-4-7)12(8,9)10/h2H,1,3-6H2. The summed E-state index contributed by atoms with van der Waals surface area (Å²) < 4.78 is 26.2. The van der Waals surface area contributed by atoms with Crippen molar-refractivity contribution in [1.29, 1.82) is 0 Å². The lowest BCUT2D eigenvalue weighted by Gasteiger charge is -2.09. The fourth-order valence-electron chi connectivity index (χ4n) is 0.926. The van der Waals surface area contributed by atoms with Crippen molar-refractivity contribution >= 4 is 19.7 Å². The molecular weight excluding hydrogens is 200 g/mol. The van der Waals surface area contributed by atoms with Gasteiger partial charge in [-0.1, -0.05) is 6.08 Å². The molecule has 0 aliphatic heterocycles. The summed E-state index contributed by atoms with van der Waals surface area (Å²) in [6.07, 6.45) is 2.79. The number of rotatable bonds is 5. The Morgan fingerprint density at radius 2 is 2.17 bits per heavy atom. The van der Waals surface area contributed by atoms with Gasteiger partial charge in [-0.3, -0.25) is 0 Å². The molecule has 0 bridgehead atoms. The van der Waals surface area contributed by atoms with E-state index in [1.165, 1.54) is 0 Å². The van der Waals surface area contributed by atoms with Crippen molar-refractivity contribution < 1.29 is 13.2 Å². The molecule has 1 aliphatic rings. The molecule has 0 spiro atoms. The molecule has 5 heteroatoms. The van der Waals surface area contributed by atoms with Gasteiger partial charge in [0.1, 0.15) is 4.75 Å². The molecule has 1 fully saturated rings. The van der Waals surface area contributed by atoms with Crippen molar-refractivity contribution in [3.63, 3.8) is 0 Å². The van der Waals surface area contributed by atoms with E-state index in [-0.39, 0.29) is 6.61 Å². The first-order valence-corrected chi connectivity index (χ1v) is 5.96. The average molecular weight is 211 g/mol. The van der Waals surface area contributed by atoms with Crippen LogP contribution < -0.4 is 0 Å². The molecule has 0 radical (unpaired) electrons. The summed E-state index contributed by atoms with van der Waals surface area (Å²) in [5, 5.41) is 0. The number of ether oxygens (including phenoxy) is 1. The van der Waals surface area contributed by atoms with Crippen molar-refractivity contribution in [2.24, 2.45) is 0 Å². The number of hydrogen-bond donors (Lipinski definition) is 0. The summed E-state index contributed by atoms with van der Waals surface area (Å²) in [6.45, 7) is 4.01. The molecule has 0 heterocycles. The molecule has 1 rings (SSSR count). The molecule has 0 amide bonds. The predicted molar refractivity (Wildman–Crippen MR) is 47.8 cm³/mol. The van der Waals surface area contributed by atoms with Crippen LogP contribution in [0.25, 0.3) is 0 Å². The van der Waals surface area contributed by atoms with Crippen LogP contribution in [0.4, 0.5) is 0 Å². The Bertz CT molecular complexity index is 266. The molecule has 0 unspecified atom stereocenters. The van der Waals surface area contributed by atoms with Gasteiger partial charge in [0.2, 0.25) is 9.05 Å². The summed E-state index contributed by atoms with van der Waals surface area (Å²) in [7, 11) is 1.77. The monoisotopic (exact) mass is 210 g/mol. The maximum Gasteiger partial charge on any atom is 0.240 e. The lowest BCUT2D eigenvalue weighted by molar-refractivity contribution is 0.157. The van der Waals surface area contributed by atoms with Crippen LogP contribution in [0.2, 0.25) is 0 Å². The first-order valence-electron chi connectivity index (χ1n) is 3.65. The lowest BCUT2D eigenvalue weighted by Crippen LogP contribution is -2.24. The minimum Gasteiger partial charge on any atom is -0.376 e. The van der Waals surface area contributed by atoms with Crippen molar-refractivity contribution in [1.82, 2.24) is 0 Å². The molecular formula is C7H11ClO3S. The quantitative estimate of drug-likeness (QED) is 0.390. The zero-order chi connectivity index (χ0) is 9.24. The van der Waals surface area contributed by atoms with Gasteiger partial charge in [0.15, 0.2) is 0 Å². The van der Waals surface area contributed by atoms with E-state index in [0.29, 0.717) is 19.4 Å². The molecule has 3 nitrogen and oxygen atoms in total. The fraction of sp³-hybridized carbons (Fsp3) is 0.714. The Labute approximate surface area is 76.8 Å². The van der Waals surface area contributed by atoms with Gasteiger partial charge in [-0.2, -0.15) is 0 Å². The third-order valence-electron chi connectivity index (χ3n) is 1.93. The maximum atomic E-state index is 11.0. The molecule has 0 aromatic rings. The first kappa shape index (κ1) is 10.0. The van der Waals surface area contributed by atoms with E-state index in [0.717, 1.165) is 0 Å². The molecule has 0 aromatic heterocycles. The largest absolute Gasteiger partial charge is 0.376 e. The highest BCUT2D eigenvalue weighted by Crippen LogP contribution is 2.45. The Hall–Kier alpha value is -0.0600. The maximum absolute atomic E-state index is 11.0. The fourth-order valence-corrected chi connectivity index (χ4v) is 2.34. The van der Waals surface area contributed by atoms with Crippen molar-refractivity contribution in [2.45, 2.75) is 17.6 Å². The zero-order valence-corrected chi connectivity index (χ0v) is 8.20. The second kappa shape index (κ2) is 3.36. The summed E-state index contributed by atoms with van der Waals surface area (Å²) in [5.41, 5.74) is 0. The molecule has 0 N–H and O–H groups in total. The minimum absolute atomic E-state index is 0.185. The highest BCUT2D eigenvalue weighted by molar-refractivity contribution is 8.15. The van der Waals surface area contributed by atoms with Crippen LogP contribution in [-0.2, 0) is 13.8 Å². The van der Waals surface area contributed by atoms with Gasteiger partial charge in [-0.15, -0.1) is 6.58 Å². The summed E-state index contributed by atoms with van der Waals surface area (Å²) in [6, 6.07) is 0. The van der Waals surface area contributed by atoms with Crippen molar-refractivity contribution in [3.05, 3.63) is 12.7 Å². The number of halogens is 1. The third kappa shape index (κ3) is 2.00. The Morgan fingerprint density at radius 1 is 1.58 bits per heavy atom. The van der Waals surface area contributed by atoms with E-state index in [2.05, 4.69) is 6.58 Å². The lowest BCUT2D eigenvalue weighted by atomic mass is 10.4. The van der Waals surface area contributed by atoms with Crippen LogP contribution in [0.3, 0.4) is 0 Å². The van der Waals surface area contributed by atoms with Crippen LogP contribution >= 0.6 is 10.7 Å². The number of hydrogen-bond acceptors (Lipinski definition) is 3. The molecule has 1 aliphatic carbocycles. The Balaban J connectivity index is 2.46. The van der Waals surface area contributed by atoms with Gasteiger partial charge in [-0.25, -0.2) is 8.42 Å². The summed E-state index contributed by atoms with van der Waals surface area (Å²) >= 11 is 0. The van der Waals surface area contributed by atoms with Gasteiger partial charge in [-0.05, 0) is 12.8 Å². The van der Waals surface area contributed by atoms with Crippen molar-refractivity contribution in [2.75, 3.05) is 13.2 Å². The first-order chi connectivity index (χ1) is 5.52. The van der Waals surface area contributed by atoms with Crippen molar-refractivity contribution in [3.8, 4) is 0 Å². The van der Waals surface area contributed by atoms with E-state index in [1.807, 2.05) is 0 Å². The van der Waals surface area contributed by atoms with Crippen LogP contribution in [-0.4, -0.2) is 26.4 Å². The molecule has 0 saturated heterocycles. The third-order valence-corrected chi connectivity index (χ3v) is 4.47. The molecule has 0 atom stereocenters.